The third-order valence-corrected chi connectivity index (χ3v) is 18.0. The monoisotopic (exact) mass is 1270 g/mol. The molecule has 510 valence electrons. The summed E-state index contributed by atoms with van der Waals surface area (Å²) in [4.78, 5) is 72.4. The van der Waals surface area contributed by atoms with Gasteiger partial charge in [-0.25, -0.2) is 9.13 Å². The normalized spacial score (nSPS) is 14.9. The standard InChI is InChI=1S/C67H130O17P2/c1-8-11-12-13-14-17-27-34-41-48-64(69)77-54-63(84-67(72)51-44-37-30-22-20-24-31-38-45-58(4)5)57-82-86(75,76)80-53-61(68)52-79-85(73,74)81-56-62(55-78-65(70)49-42-35-28-23-21-26-33-40-47-60(7)10-3)83-66(71)50-43-36-29-19-16-15-18-25-32-39-46-59(6)9-2/h58-63,68H,8-57H2,1-7H3,(H,73,74)(H,75,76)/t59?,60?,61-,62-,63-/m1/s1. The summed E-state index contributed by atoms with van der Waals surface area (Å²) in [6.07, 6.45) is 40.2. The van der Waals surface area contributed by atoms with E-state index in [1.54, 1.807) is 0 Å². The average molecular weight is 1270 g/mol. The molecule has 7 atom stereocenters. The minimum atomic E-state index is -4.95. The Balaban J connectivity index is 5.26. The fraction of sp³-hybridized carbons (Fsp3) is 0.940. The number of phosphoric ester groups is 2. The van der Waals surface area contributed by atoms with Crippen molar-refractivity contribution in [3.05, 3.63) is 0 Å². The van der Waals surface area contributed by atoms with Gasteiger partial charge in [-0.1, -0.05) is 280 Å². The molecule has 0 bridgehead atoms. The van der Waals surface area contributed by atoms with Crippen molar-refractivity contribution in [2.45, 2.75) is 349 Å². The molecule has 0 aliphatic carbocycles. The van der Waals surface area contributed by atoms with Gasteiger partial charge in [0, 0.05) is 25.7 Å². The first-order valence-corrected chi connectivity index (χ1v) is 37.9. The van der Waals surface area contributed by atoms with Crippen molar-refractivity contribution in [1.82, 2.24) is 0 Å². The van der Waals surface area contributed by atoms with Gasteiger partial charge in [0.15, 0.2) is 12.2 Å². The Labute approximate surface area is 524 Å². The molecule has 0 aromatic rings. The maximum absolute atomic E-state index is 13.0. The highest BCUT2D eigenvalue weighted by Gasteiger charge is 2.30. The lowest BCUT2D eigenvalue weighted by Gasteiger charge is -2.21. The molecule has 0 fully saturated rings. The Morgan fingerprint density at radius 3 is 0.884 bits per heavy atom. The Morgan fingerprint density at radius 1 is 0.337 bits per heavy atom. The molecule has 0 radical (unpaired) electrons. The van der Waals surface area contributed by atoms with Crippen LogP contribution in [-0.4, -0.2) is 96.7 Å². The van der Waals surface area contributed by atoms with Gasteiger partial charge in [0.2, 0.25) is 0 Å². The molecule has 0 aliphatic rings. The van der Waals surface area contributed by atoms with E-state index in [0.717, 1.165) is 108 Å². The van der Waals surface area contributed by atoms with Crippen LogP contribution in [0.4, 0.5) is 0 Å². The summed E-state index contributed by atoms with van der Waals surface area (Å²) in [6.45, 7) is 11.8. The number of phosphoric acid groups is 2. The first-order valence-electron chi connectivity index (χ1n) is 34.9. The van der Waals surface area contributed by atoms with E-state index in [4.69, 9.17) is 37.0 Å². The zero-order valence-electron chi connectivity index (χ0n) is 55.8. The quantitative estimate of drug-likeness (QED) is 0.0222. The van der Waals surface area contributed by atoms with Crippen molar-refractivity contribution in [3.63, 3.8) is 0 Å². The second-order valence-corrected chi connectivity index (χ2v) is 28.1. The van der Waals surface area contributed by atoms with E-state index < -0.39 is 97.5 Å². The smallest absolute Gasteiger partial charge is 0.462 e. The number of carbonyl (C=O) groups is 4. The largest absolute Gasteiger partial charge is 0.472 e. The maximum atomic E-state index is 13.0. The van der Waals surface area contributed by atoms with Crippen LogP contribution in [0.1, 0.15) is 331 Å². The Kier molecular flexibility index (Phi) is 56.9. The van der Waals surface area contributed by atoms with Crippen LogP contribution < -0.4 is 0 Å². The van der Waals surface area contributed by atoms with Crippen LogP contribution in [0.2, 0.25) is 0 Å². The summed E-state index contributed by atoms with van der Waals surface area (Å²) in [7, 11) is -9.89. The lowest BCUT2D eigenvalue weighted by molar-refractivity contribution is -0.161. The highest BCUT2D eigenvalue weighted by atomic mass is 31.2. The molecule has 0 heterocycles. The summed E-state index contributed by atoms with van der Waals surface area (Å²) in [5, 5.41) is 10.6. The van der Waals surface area contributed by atoms with E-state index in [1.165, 1.54) is 141 Å². The van der Waals surface area contributed by atoms with Crippen LogP contribution in [0.25, 0.3) is 0 Å². The Hall–Kier alpha value is -1.94. The molecule has 0 aromatic carbocycles. The highest BCUT2D eigenvalue weighted by molar-refractivity contribution is 7.47. The molecule has 0 aromatic heterocycles. The third kappa shape index (κ3) is 58.4. The summed E-state index contributed by atoms with van der Waals surface area (Å²) in [5.41, 5.74) is 0. The lowest BCUT2D eigenvalue weighted by Crippen LogP contribution is -2.30. The SMILES string of the molecule is CCCCCCCCCCCC(=O)OC[C@H](COP(=O)(O)OC[C@H](O)COP(=O)(O)OC[C@@H](COC(=O)CCCCCCCCCCC(C)CC)OC(=O)CCCCCCCCCCCCC(C)CC)OC(=O)CCCCCCCCCCC(C)C. The van der Waals surface area contributed by atoms with Gasteiger partial charge in [-0.05, 0) is 43.4 Å². The van der Waals surface area contributed by atoms with Crippen molar-refractivity contribution < 1.29 is 80.2 Å². The van der Waals surface area contributed by atoms with E-state index in [2.05, 4.69) is 48.5 Å². The molecule has 0 amide bonds. The van der Waals surface area contributed by atoms with Gasteiger partial charge in [-0.3, -0.25) is 37.3 Å². The molecular weight excluding hydrogens is 1140 g/mol. The number of hydrogen-bond donors (Lipinski definition) is 3. The van der Waals surface area contributed by atoms with Gasteiger partial charge in [0.25, 0.3) is 0 Å². The van der Waals surface area contributed by atoms with Crippen molar-refractivity contribution in [2.24, 2.45) is 17.8 Å². The summed E-state index contributed by atoms with van der Waals surface area (Å²) in [5.74, 6) is 0.166. The van der Waals surface area contributed by atoms with Crippen LogP contribution in [0.15, 0.2) is 0 Å². The number of aliphatic hydroxyl groups excluding tert-OH is 1. The number of esters is 4. The van der Waals surface area contributed by atoms with Crippen molar-refractivity contribution in [2.75, 3.05) is 39.6 Å². The van der Waals surface area contributed by atoms with Gasteiger partial charge in [-0.15, -0.1) is 0 Å². The minimum absolute atomic E-state index is 0.104. The summed E-state index contributed by atoms with van der Waals surface area (Å²) in [6, 6.07) is 0. The second kappa shape index (κ2) is 58.2. The lowest BCUT2D eigenvalue weighted by atomic mass is 9.99. The third-order valence-electron chi connectivity index (χ3n) is 16.1. The zero-order chi connectivity index (χ0) is 63.8. The predicted octanol–water partition coefficient (Wildman–Crippen LogP) is 18.7. The maximum Gasteiger partial charge on any atom is 0.472 e. The van der Waals surface area contributed by atoms with Crippen LogP contribution in [0, 0.1) is 17.8 Å². The minimum Gasteiger partial charge on any atom is -0.462 e. The van der Waals surface area contributed by atoms with E-state index in [-0.39, 0.29) is 25.7 Å². The Morgan fingerprint density at radius 2 is 0.593 bits per heavy atom. The fourth-order valence-corrected chi connectivity index (χ4v) is 11.5. The van der Waals surface area contributed by atoms with Gasteiger partial charge in [-0.2, -0.15) is 0 Å². The van der Waals surface area contributed by atoms with Crippen LogP contribution in [-0.2, 0) is 65.4 Å². The molecule has 0 rings (SSSR count). The molecule has 4 unspecified atom stereocenters. The van der Waals surface area contributed by atoms with E-state index >= 15 is 0 Å². The second-order valence-electron chi connectivity index (χ2n) is 25.2. The van der Waals surface area contributed by atoms with Crippen LogP contribution >= 0.6 is 15.6 Å². The molecule has 0 spiro atoms. The first kappa shape index (κ1) is 84.1. The fourth-order valence-electron chi connectivity index (χ4n) is 9.95. The predicted molar refractivity (Wildman–Crippen MR) is 344 cm³/mol. The van der Waals surface area contributed by atoms with E-state index in [1.807, 2.05) is 0 Å². The average Bonchev–Trinajstić information content (AvgIpc) is 3.70. The van der Waals surface area contributed by atoms with Gasteiger partial charge >= 0.3 is 39.5 Å². The summed E-state index contributed by atoms with van der Waals surface area (Å²) < 4.78 is 68.1. The molecule has 3 N–H and O–H groups in total. The molecule has 17 nitrogen and oxygen atoms in total. The number of aliphatic hydroxyl groups is 1. The van der Waals surface area contributed by atoms with Crippen molar-refractivity contribution >= 4 is 39.5 Å². The summed E-state index contributed by atoms with van der Waals surface area (Å²) >= 11 is 0. The van der Waals surface area contributed by atoms with Crippen LogP contribution in [0.3, 0.4) is 0 Å². The van der Waals surface area contributed by atoms with Gasteiger partial charge in [0.05, 0.1) is 26.4 Å². The number of hydrogen-bond acceptors (Lipinski definition) is 15. The zero-order valence-corrected chi connectivity index (χ0v) is 57.6. The van der Waals surface area contributed by atoms with Gasteiger partial charge < -0.3 is 33.8 Å². The topological polar surface area (TPSA) is 237 Å². The number of ether oxygens (including phenoxy) is 4. The van der Waals surface area contributed by atoms with Crippen LogP contribution in [0.5, 0.6) is 0 Å². The first-order chi connectivity index (χ1) is 41.3. The van der Waals surface area contributed by atoms with Gasteiger partial charge in [0.1, 0.15) is 19.3 Å². The number of rotatable bonds is 65. The molecule has 86 heavy (non-hydrogen) atoms. The van der Waals surface area contributed by atoms with E-state index in [9.17, 15) is 43.2 Å². The van der Waals surface area contributed by atoms with Crippen molar-refractivity contribution in [1.29, 1.82) is 0 Å². The number of unbranched alkanes of at least 4 members (excludes halogenated alkanes) is 31. The Bertz CT molecular complexity index is 1700. The molecule has 19 heteroatoms. The molecular formula is C67H130O17P2. The van der Waals surface area contributed by atoms with Crippen molar-refractivity contribution in [3.8, 4) is 0 Å². The highest BCUT2D eigenvalue weighted by Crippen LogP contribution is 2.45. The number of carbonyl (C=O) groups excluding carboxylic acids is 4. The molecule has 0 aliphatic heterocycles. The molecule has 0 saturated carbocycles. The molecule has 0 saturated heterocycles. The van der Waals surface area contributed by atoms with E-state index in [0.29, 0.717) is 25.7 Å².